The lowest BCUT2D eigenvalue weighted by Gasteiger charge is -2.04. The largest absolute Gasteiger partial charge is 0.265 e. The van der Waals surface area contributed by atoms with E-state index < -0.39 is 0 Å². The summed E-state index contributed by atoms with van der Waals surface area (Å²) in [7, 11) is 1.84. The van der Waals surface area contributed by atoms with Crippen LogP contribution in [0.1, 0.15) is 12.6 Å². The number of thioether (sulfide) groups is 1. The summed E-state index contributed by atoms with van der Waals surface area (Å²) in [6.07, 6.45) is 0. The third kappa shape index (κ3) is 2.45. The minimum atomic E-state index is 0.416. The molecule has 5 heteroatoms. The van der Waals surface area contributed by atoms with Crippen LogP contribution < -0.4 is 0 Å². The second kappa shape index (κ2) is 5.59. The van der Waals surface area contributed by atoms with Crippen LogP contribution in [0.5, 0.6) is 0 Å². The van der Waals surface area contributed by atoms with Gasteiger partial charge in [0, 0.05) is 17.5 Å². The van der Waals surface area contributed by atoms with Crippen LogP contribution in [0.15, 0.2) is 33.6 Å². The quantitative estimate of drug-likeness (QED) is 0.807. The fourth-order valence-corrected chi connectivity index (χ4v) is 3.07. The first-order valence-electron chi connectivity index (χ1n) is 5.53. The van der Waals surface area contributed by atoms with Crippen molar-refractivity contribution in [1.82, 2.24) is 9.78 Å². The second-order valence-corrected chi connectivity index (χ2v) is 5.83. The van der Waals surface area contributed by atoms with Gasteiger partial charge in [-0.1, -0.05) is 19.1 Å². The van der Waals surface area contributed by atoms with Crippen molar-refractivity contribution in [2.45, 2.75) is 11.8 Å². The summed E-state index contributed by atoms with van der Waals surface area (Å²) in [6.45, 7) is 2.13. The Balaban J connectivity index is 2.43. The molecule has 0 saturated carbocycles. The molecule has 0 fully saturated rings. The number of nitriles is 1. The third-order valence-corrected chi connectivity index (χ3v) is 4.18. The van der Waals surface area contributed by atoms with E-state index in [2.05, 4.69) is 58.3 Å². The molecule has 92 valence electrons. The molecule has 18 heavy (non-hydrogen) atoms. The van der Waals surface area contributed by atoms with Gasteiger partial charge in [-0.25, -0.2) is 0 Å². The number of halogens is 1. The summed E-state index contributed by atoms with van der Waals surface area (Å²) < 4.78 is 2.48. The Kier molecular flexibility index (Phi) is 4.10. The van der Waals surface area contributed by atoms with Crippen LogP contribution in [0, 0.1) is 11.3 Å². The van der Waals surface area contributed by atoms with E-state index in [1.807, 2.05) is 18.8 Å². The van der Waals surface area contributed by atoms with E-state index in [4.69, 9.17) is 5.26 Å². The highest BCUT2D eigenvalue weighted by molar-refractivity contribution is 9.10. The Hall–Kier alpha value is -1.25. The van der Waals surface area contributed by atoms with Gasteiger partial charge in [0.1, 0.15) is 6.07 Å². The first-order chi connectivity index (χ1) is 8.67. The molecule has 0 spiro atoms. The summed E-state index contributed by atoms with van der Waals surface area (Å²) in [5.74, 6) is 1.06. The standard InChI is InChI=1S/C13H12BrN3S/c1-3-18-10-6-4-9(5-7-10)13-12(14)11(8-15)16-17(13)2/h4-7H,3H2,1-2H3. The molecular weight excluding hydrogens is 310 g/mol. The Morgan fingerprint density at radius 2 is 2.06 bits per heavy atom. The summed E-state index contributed by atoms with van der Waals surface area (Å²) in [5, 5.41) is 13.1. The van der Waals surface area contributed by atoms with E-state index in [0.29, 0.717) is 5.69 Å². The van der Waals surface area contributed by atoms with Crippen LogP contribution in [0.2, 0.25) is 0 Å². The van der Waals surface area contributed by atoms with Crippen molar-refractivity contribution < 1.29 is 0 Å². The van der Waals surface area contributed by atoms with Gasteiger partial charge in [-0.15, -0.1) is 11.8 Å². The van der Waals surface area contributed by atoms with E-state index in [1.165, 1.54) is 4.90 Å². The summed E-state index contributed by atoms with van der Waals surface area (Å²) >= 11 is 5.25. The molecule has 0 saturated heterocycles. The lowest BCUT2D eigenvalue weighted by molar-refractivity contribution is 0.771. The molecule has 0 N–H and O–H groups in total. The van der Waals surface area contributed by atoms with Crippen molar-refractivity contribution in [3.05, 3.63) is 34.4 Å². The summed E-state index contributed by atoms with van der Waals surface area (Å²) in [4.78, 5) is 1.25. The van der Waals surface area contributed by atoms with Gasteiger partial charge < -0.3 is 0 Å². The monoisotopic (exact) mass is 321 g/mol. The maximum atomic E-state index is 8.96. The number of aromatic nitrogens is 2. The first-order valence-corrected chi connectivity index (χ1v) is 7.31. The van der Waals surface area contributed by atoms with Crippen molar-refractivity contribution in [2.24, 2.45) is 7.05 Å². The maximum Gasteiger partial charge on any atom is 0.177 e. The SMILES string of the molecule is CCSc1ccc(-c2c(Br)c(C#N)nn2C)cc1. The van der Waals surface area contributed by atoms with E-state index in [9.17, 15) is 0 Å². The van der Waals surface area contributed by atoms with Crippen LogP contribution in [0.4, 0.5) is 0 Å². The van der Waals surface area contributed by atoms with Gasteiger partial charge in [-0.2, -0.15) is 10.4 Å². The fourth-order valence-electron chi connectivity index (χ4n) is 1.76. The summed E-state index contributed by atoms with van der Waals surface area (Å²) in [5.41, 5.74) is 2.40. The Bertz CT molecular complexity index is 596. The van der Waals surface area contributed by atoms with E-state index in [-0.39, 0.29) is 0 Å². The van der Waals surface area contributed by atoms with E-state index in [1.54, 1.807) is 4.68 Å². The lowest BCUT2D eigenvalue weighted by atomic mass is 10.1. The molecule has 0 atom stereocenters. The molecule has 0 aliphatic carbocycles. The zero-order valence-electron chi connectivity index (χ0n) is 10.1. The van der Waals surface area contributed by atoms with Crippen molar-refractivity contribution in [1.29, 1.82) is 5.26 Å². The molecule has 3 nitrogen and oxygen atoms in total. The number of rotatable bonds is 3. The van der Waals surface area contributed by atoms with Crippen LogP contribution in [0.3, 0.4) is 0 Å². The Morgan fingerprint density at radius 3 is 2.56 bits per heavy atom. The predicted octanol–water partition coefficient (Wildman–Crippen LogP) is 3.83. The average Bonchev–Trinajstić information content (AvgIpc) is 2.66. The molecular formula is C13H12BrN3S. The van der Waals surface area contributed by atoms with Crippen molar-refractivity contribution in [3.63, 3.8) is 0 Å². The van der Waals surface area contributed by atoms with Gasteiger partial charge in [0.05, 0.1) is 10.2 Å². The molecule has 0 aliphatic rings. The topological polar surface area (TPSA) is 41.6 Å². The van der Waals surface area contributed by atoms with E-state index in [0.717, 1.165) is 21.5 Å². The molecule has 2 rings (SSSR count). The fraction of sp³-hybridized carbons (Fsp3) is 0.231. The van der Waals surface area contributed by atoms with E-state index >= 15 is 0 Å². The molecule has 2 aromatic rings. The number of nitrogens with zero attached hydrogens (tertiary/aromatic N) is 3. The number of hydrogen-bond acceptors (Lipinski definition) is 3. The molecule has 0 radical (unpaired) electrons. The molecule has 1 aromatic heterocycles. The van der Waals surface area contributed by atoms with Crippen LogP contribution >= 0.6 is 27.7 Å². The van der Waals surface area contributed by atoms with Gasteiger partial charge in [0.2, 0.25) is 0 Å². The van der Waals surface area contributed by atoms with Gasteiger partial charge in [0.15, 0.2) is 5.69 Å². The van der Waals surface area contributed by atoms with Crippen LogP contribution in [0.25, 0.3) is 11.3 Å². The normalized spacial score (nSPS) is 10.3. The lowest BCUT2D eigenvalue weighted by Crippen LogP contribution is -1.93. The average molecular weight is 322 g/mol. The van der Waals surface area contributed by atoms with Gasteiger partial charge in [-0.05, 0) is 33.8 Å². The highest BCUT2D eigenvalue weighted by Gasteiger charge is 2.14. The smallest absolute Gasteiger partial charge is 0.177 e. The summed E-state index contributed by atoms with van der Waals surface area (Å²) in [6, 6.07) is 10.4. The van der Waals surface area contributed by atoms with Gasteiger partial charge >= 0.3 is 0 Å². The van der Waals surface area contributed by atoms with Crippen molar-refractivity contribution >= 4 is 27.7 Å². The van der Waals surface area contributed by atoms with Gasteiger partial charge in [0.25, 0.3) is 0 Å². The maximum absolute atomic E-state index is 8.96. The molecule has 0 amide bonds. The van der Waals surface area contributed by atoms with Crippen LogP contribution in [-0.2, 0) is 7.05 Å². The molecule has 0 aliphatic heterocycles. The number of hydrogen-bond donors (Lipinski definition) is 0. The zero-order valence-corrected chi connectivity index (χ0v) is 12.5. The van der Waals surface area contributed by atoms with Crippen LogP contribution in [-0.4, -0.2) is 15.5 Å². The zero-order chi connectivity index (χ0) is 13.1. The minimum Gasteiger partial charge on any atom is -0.265 e. The highest BCUT2D eigenvalue weighted by atomic mass is 79.9. The second-order valence-electron chi connectivity index (χ2n) is 3.70. The third-order valence-electron chi connectivity index (χ3n) is 2.53. The predicted molar refractivity (Wildman–Crippen MR) is 77.5 cm³/mol. The Morgan fingerprint density at radius 1 is 1.39 bits per heavy atom. The molecule has 0 bridgehead atoms. The molecule has 1 heterocycles. The van der Waals surface area contributed by atoms with Crippen molar-refractivity contribution in [2.75, 3.05) is 5.75 Å². The van der Waals surface area contributed by atoms with Gasteiger partial charge in [-0.3, -0.25) is 4.68 Å². The number of aryl methyl sites for hydroxylation is 1. The Labute approximate surface area is 119 Å². The molecule has 0 unspecified atom stereocenters. The first kappa shape index (κ1) is 13.2. The minimum absolute atomic E-state index is 0.416. The number of benzene rings is 1. The highest BCUT2D eigenvalue weighted by Crippen LogP contribution is 2.31. The van der Waals surface area contributed by atoms with Crippen molar-refractivity contribution in [3.8, 4) is 17.3 Å². The molecule has 1 aromatic carbocycles.